The first-order valence-corrected chi connectivity index (χ1v) is 7.51. The second kappa shape index (κ2) is 6.40. The van der Waals surface area contributed by atoms with Crippen LogP contribution in [0.2, 0.25) is 0 Å². The number of aliphatic carboxylic acids is 1. The Bertz CT molecular complexity index is 468. The Morgan fingerprint density at radius 1 is 1.30 bits per heavy atom. The van der Waals surface area contributed by atoms with Gasteiger partial charge in [-0.3, -0.25) is 4.79 Å². The molecule has 1 unspecified atom stereocenters. The van der Waals surface area contributed by atoms with E-state index in [9.17, 15) is 4.79 Å². The first-order chi connectivity index (χ1) is 9.49. The van der Waals surface area contributed by atoms with Crippen LogP contribution in [0, 0.1) is 5.41 Å². The molecule has 0 saturated heterocycles. The molecule has 3 heteroatoms. The fraction of sp³-hybridized carbons (Fsp3) is 0.588. The molecule has 0 heterocycles. The molecule has 20 heavy (non-hydrogen) atoms. The highest BCUT2D eigenvalue weighted by Gasteiger charge is 2.31. The zero-order valence-electron chi connectivity index (χ0n) is 12.5. The van der Waals surface area contributed by atoms with Crippen LogP contribution in [0.15, 0.2) is 24.3 Å². The highest BCUT2D eigenvalue weighted by atomic mass is 16.4. The van der Waals surface area contributed by atoms with Crippen LogP contribution in [0.1, 0.15) is 50.7 Å². The van der Waals surface area contributed by atoms with Crippen molar-refractivity contribution < 1.29 is 9.90 Å². The average molecular weight is 275 g/mol. The van der Waals surface area contributed by atoms with Crippen molar-refractivity contribution in [3.05, 3.63) is 35.4 Å². The third kappa shape index (κ3) is 3.83. The van der Waals surface area contributed by atoms with Crippen molar-refractivity contribution in [2.45, 2.75) is 58.5 Å². The van der Waals surface area contributed by atoms with Crippen LogP contribution in [-0.2, 0) is 17.8 Å². The molecule has 1 aromatic carbocycles. The summed E-state index contributed by atoms with van der Waals surface area (Å²) in [4.78, 5) is 10.9. The number of hydrogen-bond acceptors (Lipinski definition) is 2. The summed E-state index contributed by atoms with van der Waals surface area (Å²) in [5.41, 5.74) is 2.36. The minimum atomic E-state index is -0.768. The lowest BCUT2D eigenvalue weighted by atomic mass is 9.73. The molecule has 2 N–H and O–H groups in total. The van der Waals surface area contributed by atoms with Crippen LogP contribution in [-0.4, -0.2) is 17.1 Å². The summed E-state index contributed by atoms with van der Waals surface area (Å²) < 4.78 is 0. The second-order valence-corrected chi connectivity index (χ2v) is 6.51. The summed E-state index contributed by atoms with van der Waals surface area (Å²) in [6, 6.07) is 8.35. The quantitative estimate of drug-likeness (QED) is 0.866. The highest BCUT2D eigenvalue weighted by molar-refractivity contribution is 5.70. The average Bonchev–Trinajstić information content (AvgIpc) is 2.38. The van der Waals surface area contributed by atoms with Crippen LogP contribution in [0.5, 0.6) is 0 Å². The van der Waals surface area contributed by atoms with Gasteiger partial charge in [0.05, 0.1) is 6.42 Å². The van der Waals surface area contributed by atoms with Crippen molar-refractivity contribution >= 4 is 5.97 Å². The van der Waals surface area contributed by atoms with Crippen molar-refractivity contribution in [3.8, 4) is 0 Å². The Hall–Kier alpha value is -1.35. The molecule has 0 amide bonds. The number of nitrogens with one attached hydrogen (secondary N) is 1. The molecular formula is C17H25NO2. The van der Waals surface area contributed by atoms with Crippen LogP contribution in [0.3, 0.4) is 0 Å². The Morgan fingerprint density at radius 2 is 2.00 bits per heavy atom. The normalized spacial score (nSPS) is 21.6. The van der Waals surface area contributed by atoms with E-state index in [0.717, 1.165) is 17.7 Å². The molecule has 0 radical (unpaired) electrons. The van der Waals surface area contributed by atoms with Gasteiger partial charge in [-0.05, 0) is 29.4 Å². The van der Waals surface area contributed by atoms with E-state index in [0.29, 0.717) is 11.5 Å². The molecule has 1 atom stereocenters. The molecule has 1 aliphatic carbocycles. The molecular weight excluding hydrogens is 250 g/mol. The number of carboxylic acid groups (broad SMARTS) is 1. The summed E-state index contributed by atoms with van der Waals surface area (Å²) in [6.07, 6.45) is 5.19. The molecule has 1 fully saturated rings. The summed E-state index contributed by atoms with van der Waals surface area (Å²) in [5, 5.41) is 12.6. The van der Waals surface area contributed by atoms with Gasteiger partial charge >= 0.3 is 5.97 Å². The summed E-state index contributed by atoms with van der Waals surface area (Å²) >= 11 is 0. The topological polar surface area (TPSA) is 49.3 Å². The SMILES string of the molecule is CC1(C)CCCCC1NCc1ccccc1CC(=O)O. The van der Waals surface area contributed by atoms with E-state index in [1.165, 1.54) is 25.7 Å². The first-order valence-electron chi connectivity index (χ1n) is 7.51. The van der Waals surface area contributed by atoms with Gasteiger partial charge in [0.25, 0.3) is 0 Å². The molecule has 2 rings (SSSR count). The van der Waals surface area contributed by atoms with E-state index < -0.39 is 5.97 Å². The van der Waals surface area contributed by atoms with Gasteiger partial charge in [-0.1, -0.05) is 51.0 Å². The Morgan fingerprint density at radius 3 is 2.65 bits per heavy atom. The van der Waals surface area contributed by atoms with Crippen LogP contribution in [0.25, 0.3) is 0 Å². The number of rotatable bonds is 5. The van der Waals surface area contributed by atoms with E-state index in [4.69, 9.17) is 5.11 Å². The Balaban J connectivity index is 2.01. The maximum Gasteiger partial charge on any atom is 0.307 e. The molecule has 1 saturated carbocycles. The molecule has 0 aliphatic heterocycles. The van der Waals surface area contributed by atoms with Crippen LogP contribution < -0.4 is 5.32 Å². The van der Waals surface area contributed by atoms with Crippen molar-refractivity contribution in [1.82, 2.24) is 5.32 Å². The molecule has 1 aliphatic rings. The van der Waals surface area contributed by atoms with Gasteiger partial charge < -0.3 is 10.4 Å². The van der Waals surface area contributed by atoms with Gasteiger partial charge in [-0.15, -0.1) is 0 Å². The standard InChI is InChI=1S/C17H25NO2/c1-17(2)10-6-5-9-15(17)18-12-14-8-4-3-7-13(14)11-16(19)20/h3-4,7-8,15,18H,5-6,9-12H2,1-2H3,(H,19,20). The first kappa shape index (κ1) is 15.0. The minimum absolute atomic E-state index is 0.103. The highest BCUT2D eigenvalue weighted by Crippen LogP contribution is 2.35. The summed E-state index contributed by atoms with van der Waals surface area (Å²) in [5.74, 6) is -0.768. The Kier molecular flexibility index (Phi) is 4.81. The predicted molar refractivity (Wildman–Crippen MR) is 80.7 cm³/mol. The molecule has 0 spiro atoms. The predicted octanol–water partition coefficient (Wildman–Crippen LogP) is 3.37. The number of benzene rings is 1. The van der Waals surface area contributed by atoms with E-state index >= 15 is 0 Å². The van der Waals surface area contributed by atoms with Crippen LogP contribution in [0.4, 0.5) is 0 Å². The van der Waals surface area contributed by atoms with E-state index in [1.54, 1.807) is 0 Å². The maximum absolute atomic E-state index is 10.9. The van der Waals surface area contributed by atoms with Crippen molar-refractivity contribution in [3.63, 3.8) is 0 Å². The Labute approximate surface area is 121 Å². The van der Waals surface area contributed by atoms with Crippen molar-refractivity contribution in [2.24, 2.45) is 5.41 Å². The van der Waals surface area contributed by atoms with Gasteiger partial charge in [0, 0.05) is 12.6 Å². The zero-order valence-corrected chi connectivity index (χ0v) is 12.5. The largest absolute Gasteiger partial charge is 0.481 e. The minimum Gasteiger partial charge on any atom is -0.481 e. The molecule has 0 bridgehead atoms. The smallest absolute Gasteiger partial charge is 0.307 e. The third-order valence-corrected chi connectivity index (χ3v) is 4.51. The van der Waals surface area contributed by atoms with Gasteiger partial charge in [0.1, 0.15) is 0 Å². The monoisotopic (exact) mass is 275 g/mol. The second-order valence-electron chi connectivity index (χ2n) is 6.51. The van der Waals surface area contributed by atoms with E-state index in [1.807, 2.05) is 24.3 Å². The van der Waals surface area contributed by atoms with Gasteiger partial charge in [0.15, 0.2) is 0 Å². The fourth-order valence-electron chi connectivity index (χ4n) is 3.17. The van der Waals surface area contributed by atoms with E-state index in [-0.39, 0.29) is 6.42 Å². The van der Waals surface area contributed by atoms with Gasteiger partial charge in [0.2, 0.25) is 0 Å². The number of carboxylic acids is 1. The summed E-state index contributed by atoms with van der Waals surface area (Å²) in [6.45, 7) is 5.41. The van der Waals surface area contributed by atoms with Crippen molar-refractivity contribution in [2.75, 3.05) is 0 Å². The molecule has 1 aromatic rings. The van der Waals surface area contributed by atoms with Crippen LogP contribution >= 0.6 is 0 Å². The van der Waals surface area contributed by atoms with E-state index in [2.05, 4.69) is 19.2 Å². The van der Waals surface area contributed by atoms with Gasteiger partial charge in [-0.25, -0.2) is 0 Å². The fourth-order valence-corrected chi connectivity index (χ4v) is 3.17. The third-order valence-electron chi connectivity index (χ3n) is 4.51. The summed E-state index contributed by atoms with van der Waals surface area (Å²) in [7, 11) is 0. The lowest BCUT2D eigenvalue weighted by Crippen LogP contribution is -2.43. The lowest BCUT2D eigenvalue weighted by molar-refractivity contribution is -0.136. The zero-order chi connectivity index (χ0) is 14.6. The number of hydrogen-bond donors (Lipinski definition) is 2. The van der Waals surface area contributed by atoms with Crippen molar-refractivity contribution in [1.29, 1.82) is 0 Å². The molecule has 3 nitrogen and oxygen atoms in total. The lowest BCUT2D eigenvalue weighted by Gasteiger charge is -2.39. The molecule has 0 aromatic heterocycles. The molecule has 110 valence electrons. The van der Waals surface area contributed by atoms with Gasteiger partial charge in [-0.2, -0.15) is 0 Å². The maximum atomic E-state index is 10.9. The number of carbonyl (C=O) groups is 1.